The fourth-order valence-corrected chi connectivity index (χ4v) is 3.21. The number of rotatable bonds is 3. The van der Waals surface area contributed by atoms with Crippen LogP contribution >= 0.6 is 11.3 Å². The van der Waals surface area contributed by atoms with Gasteiger partial charge in [-0.2, -0.15) is 0 Å². The van der Waals surface area contributed by atoms with Crippen molar-refractivity contribution in [1.29, 1.82) is 0 Å². The predicted molar refractivity (Wildman–Crippen MR) is 77.9 cm³/mol. The van der Waals surface area contributed by atoms with Crippen LogP contribution in [0.2, 0.25) is 0 Å². The first-order chi connectivity index (χ1) is 9.72. The van der Waals surface area contributed by atoms with E-state index in [1.807, 2.05) is 0 Å². The molecule has 0 aromatic carbocycles. The maximum absolute atomic E-state index is 11.6. The van der Waals surface area contributed by atoms with Gasteiger partial charge in [0.25, 0.3) is 5.56 Å². The molecule has 2 aromatic rings. The summed E-state index contributed by atoms with van der Waals surface area (Å²) in [7, 11) is 0. The molecule has 5 nitrogen and oxygen atoms in total. The maximum atomic E-state index is 11.6. The summed E-state index contributed by atoms with van der Waals surface area (Å²) in [5.74, 6) is 0.647. The van der Waals surface area contributed by atoms with Crippen LogP contribution < -0.4 is 5.56 Å². The predicted octanol–water partition coefficient (Wildman–Crippen LogP) is 1.71. The van der Waals surface area contributed by atoms with Crippen LogP contribution in [0.25, 0.3) is 0 Å². The minimum absolute atomic E-state index is 0.0480. The summed E-state index contributed by atoms with van der Waals surface area (Å²) in [5.41, 5.74) is 0.691. The van der Waals surface area contributed by atoms with Gasteiger partial charge in [0, 0.05) is 24.0 Å². The molecule has 0 amide bonds. The molecular formula is C14H17N3O2S. The van der Waals surface area contributed by atoms with Crippen LogP contribution in [0.15, 0.2) is 28.4 Å². The molecule has 6 heteroatoms. The zero-order chi connectivity index (χ0) is 13.9. The Balaban J connectivity index is 1.86. The van der Waals surface area contributed by atoms with Crippen molar-refractivity contribution >= 4 is 11.3 Å². The van der Waals surface area contributed by atoms with Crippen LogP contribution in [-0.4, -0.2) is 34.6 Å². The highest BCUT2D eigenvalue weighted by Gasteiger charge is 2.26. The van der Waals surface area contributed by atoms with Crippen LogP contribution in [0.4, 0.5) is 0 Å². The van der Waals surface area contributed by atoms with Crippen molar-refractivity contribution in [1.82, 2.24) is 14.9 Å². The quantitative estimate of drug-likeness (QED) is 0.935. The monoisotopic (exact) mass is 291 g/mol. The number of morpholine rings is 1. The first-order valence-corrected chi connectivity index (χ1v) is 7.52. The first kappa shape index (κ1) is 13.5. The standard InChI is InChI=1S/C14H17N3O2S/c1-10-15-12(7-14(18)16-10)13-9-19-5-4-17(13)8-11-3-2-6-20-11/h2-3,6-7,13H,4-5,8-9H2,1H3,(H,15,16,18). The molecule has 0 saturated carbocycles. The highest BCUT2D eigenvalue weighted by atomic mass is 32.1. The van der Waals surface area contributed by atoms with Gasteiger partial charge in [-0.15, -0.1) is 11.3 Å². The maximum Gasteiger partial charge on any atom is 0.251 e. The summed E-state index contributed by atoms with van der Waals surface area (Å²) in [4.78, 5) is 22.4. The Kier molecular flexibility index (Phi) is 3.95. The van der Waals surface area contributed by atoms with Crippen LogP contribution in [0.3, 0.4) is 0 Å². The number of aromatic nitrogens is 2. The lowest BCUT2D eigenvalue weighted by molar-refractivity contribution is -0.0139. The summed E-state index contributed by atoms with van der Waals surface area (Å²) in [6.07, 6.45) is 0. The molecule has 3 heterocycles. The molecule has 1 aliphatic rings. The Hall–Kier alpha value is -1.50. The second kappa shape index (κ2) is 5.87. The number of aromatic amines is 1. The van der Waals surface area contributed by atoms with E-state index in [0.29, 0.717) is 12.4 Å². The van der Waals surface area contributed by atoms with Crippen LogP contribution in [-0.2, 0) is 11.3 Å². The molecule has 1 aliphatic heterocycles. The zero-order valence-corrected chi connectivity index (χ0v) is 12.2. The molecule has 0 spiro atoms. The Morgan fingerprint density at radius 1 is 1.60 bits per heavy atom. The van der Waals surface area contributed by atoms with Gasteiger partial charge in [0.2, 0.25) is 0 Å². The van der Waals surface area contributed by atoms with Crippen molar-refractivity contribution in [3.8, 4) is 0 Å². The number of ether oxygens (including phenoxy) is 1. The summed E-state index contributed by atoms with van der Waals surface area (Å²) < 4.78 is 5.58. The lowest BCUT2D eigenvalue weighted by atomic mass is 10.1. The van der Waals surface area contributed by atoms with E-state index in [4.69, 9.17) is 4.74 Å². The van der Waals surface area contributed by atoms with Crippen LogP contribution in [0, 0.1) is 6.92 Å². The van der Waals surface area contributed by atoms with Gasteiger partial charge >= 0.3 is 0 Å². The minimum Gasteiger partial charge on any atom is -0.378 e. The molecular weight excluding hydrogens is 274 g/mol. The third kappa shape index (κ3) is 2.98. The van der Waals surface area contributed by atoms with E-state index >= 15 is 0 Å². The van der Waals surface area contributed by atoms with E-state index in [1.165, 1.54) is 4.88 Å². The summed E-state index contributed by atoms with van der Waals surface area (Å²) in [6, 6.07) is 5.82. The molecule has 106 valence electrons. The third-order valence-electron chi connectivity index (χ3n) is 3.40. The fourth-order valence-electron chi connectivity index (χ4n) is 2.48. The smallest absolute Gasteiger partial charge is 0.251 e. The summed E-state index contributed by atoms with van der Waals surface area (Å²) in [6.45, 7) is 4.85. The van der Waals surface area contributed by atoms with Gasteiger partial charge in [-0.05, 0) is 18.4 Å². The Morgan fingerprint density at radius 3 is 3.25 bits per heavy atom. The van der Waals surface area contributed by atoms with Gasteiger partial charge in [0.15, 0.2) is 0 Å². The first-order valence-electron chi connectivity index (χ1n) is 6.64. The molecule has 1 N–H and O–H groups in total. The Morgan fingerprint density at radius 2 is 2.50 bits per heavy atom. The molecule has 0 bridgehead atoms. The molecule has 2 aromatic heterocycles. The van der Waals surface area contributed by atoms with Crippen LogP contribution in [0.1, 0.15) is 22.4 Å². The molecule has 3 rings (SSSR count). The number of hydrogen-bond donors (Lipinski definition) is 1. The van der Waals surface area contributed by atoms with Gasteiger partial charge in [-0.1, -0.05) is 6.07 Å². The Bertz CT molecular complexity index is 624. The number of thiophene rings is 1. The van der Waals surface area contributed by atoms with E-state index < -0.39 is 0 Å². The summed E-state index contributed by atoms with van der Waals surface area (Å²) in [5, 5.41) is 2.08. The van der Waals surface area contributed by atoms with Gasteiger partial charge in [-0.3, -0.25) is 9.69 Å². The summed E-state index contributed by atoms with van der Waals surface area (Å²) >= 11 is 1.75. The highest BCUT2D eigenvalue weighted by Crippen LogP contribution is 2.25. The van der Waals surface area contributed by atoms with E-state index in [-0.39, 0.29) is 11.6 Å². The van der Waals surface area contributed by atoms with E-state index in [2.05, 4.69) is 32.4 Å². The fraction of sp³-hybridized carbons (Fsp3) is 0.429. The third-order valence-corrected chi connectivity index (χ3v) is 4.26. The highest BCUT2D eigenvalue weighted by molar-refractivity contribution is 7.09. The van der Waals surface area contributed by atoms with Crippen molar-refractivity contribution in [3.63, 3.8) is 0 Å². The number of nitrogens with one attached hydrogen (secondary N) is 1. The molecule has 20 heavy (non-hydrogen) atoms. The van der Waals surface area contributed by atoms with Crippen molar-refractivity contribution in [2.75, 3.05) is 19.8 Å². The zero-order valence-electron chi connectivity index (χ0n) is 11.3. The molecule has 1 fully saturated rings. The molecule has 0 radical (unpaired) electrons. The van der Waals surface area contributed by atoms with Gasteiger partial charge in [0.1, 0.15) is 5.82 Å². The number of hydrogen-bond acceptors (Lipinski definition) is 5. The molecule has 1 unspecified atom stereocenters. The van der Waals surface area contributed by atoms with Gasteiger partial charge < -0.3 is 9.72 Å². The van der Waals surface area contributed by atoms with Crippen molar-refractivity contribution < 1.29 is 4.74 Å². The van der Waals surface area contributed by atoms with E-state index in [0.717, 1.165) is 25.4 Å². The molecule has 1 atom stereocenters. The van der Waals surface area contributed by atoms with Crippen molar-refractivity contribution in [2.45, 2.75) is 19.5 Å². The lowest BCUT2D eigenvalue weighted by Gasteiger charge is -2.34. The van der Waals surface area contributed by atoms with E-state index in [9.17, 15) is 4.79 Å². The van der Waals surface area contributed by atoms with Gasteiger partial charge in [-0.25, -0.2) is 4.98 Å². The van der Waals surface area contributed by atoms with Crippen LogP contribution in [0.5, 0.6) is 0 Å². The normalized spacial score (nSPS) is 20.1. The number of nitrogens with zero attached hydrogens (tertiary/aromatic N) is 2. The minimum atomic E-state index is -0.103. The average Bonchev–Trinajstić information content (AvgIpc) is 2.91. The van der Waals surface area contributed by atoms with Crippen molar-refractivity contribution in [3.05, 3.63) is 50.3 Å². The van der Waals surface area contributed by atoms with Crippen molar-refractivity contribution in [2.24, 2.45) is 0 Å². The Labute approximate surface area is 121 Å². The average molecular weight is 291 g/mol. The van der Waals surface area contributed by atoms with E-state index in [1.54, 1.807) is 24.3 Å². The number of aryl methyl sites for hydroxylation is 1. The topological polar surface area (TPSA) is 58.2 Å². The molecule has 0 aliphatic carbocycles. The lowest BCUT2D eigenvalue weighted by Crippen LogP contribution is -2.39. The second-order valence-electron chi connectivity index (χ2n) is 4.90. The van der Waals surface area contributed by atoms with Gasteiger partial charge in [0.05, 0.1) is 24.9 Å². The number of H-pyrrole nitrogens is 1. The SMILES string of the molecule is Cc1nc(C2COCCN2Cc2cccs2)cc(=O)[nH]1. The molecule has 1 saturated heterocycles. The largest absolute Gasteiger partial charge is 0.378 e. The second-order valence-corrected chi connectivity index (χ2v) is 5.93.